The molecule has 0 spiro atoms. The van der Waals surface area contributed by atoms with Crippen LogP contribution in [0.2, 0.25) is 0 Å². The van der Waals surface area contributed by atoms with Gasteiger partial charge < -0.3 is 5.73 Å². The Morgan fingerprint density at radius 2 is 2.00 bits per heavy atom. The van der Waals surface area contributed by atoms with Crippen molar-refractivity contribution in [3.8, 4) is 0 Å². The van der Waals surface area contributed by atoms with Crippen LogP contribution >= 0.6 is 11.3 Å². The van der Waals surface area contributed by atoms with Gasteiger partial charge in [0.25, 0.3) is 0 Å². The molecule has 1 aromatic rings. The standard InChI is InChI=1S/C8H13NS/c1-4-7-5(2)6(3)10-8(7)9/h4,9H2,1-3H3. The zero-order valence-electron chi connectivity index (χ0n) is 6.69. The lowest BCUT2D eigenvalue weighted by atomic mass is 10.1. The second-order valence-electron chi connectivity index (χ2n) is 2.48. The Labute approximate surface area is 65.9 Å². The number of hydrogen-bond donors (Lipinski definition) is 1. The molecule has 0 radical (unpaired) electrons. The lowest BCUT2D eigenvalue weighted by Crippen LogP contribution is -1.87. The van der Waals surface area contributed by atoms with Crippen LogP contribution < -0.4 is 5.73 Å². The Balaban J connectivity index is 3.20. The molecule has 0 unspecified atom stereocenters. The van der Waals surface area contributed by atoms with Crippen molar-refractivity contribution in [2.75, 3.05) is 5.73 Å². The van der Waals surface area contributed by atoms with Gasteiger partial charge in [0, 0.05) is 4.88 Å². The van der Waals surface area contributed by atoms with E-state index in [-0.39, 0.29) is 0 Å². The van der Waals surface area contributed by atoms with E-state index in [4.69, 9.17) is 5.73 Å². The average Bonchev–Trinajstić information content (AvgIpc) is 2.09. The monoisotopic (exact) mass is 155 g/mol. The molecule has 0 aliphatic carbocycles. The molecule has 56 valence electrons. The fraction of sp³-hybridized carbons (Fsp3) is 0.500. The highest BCUT2D eigenvalue weighted by atomic mass is 32.1. The van der Waals surface area contributed by atoms with Crippen molar-refractivity contribution in [1.29, 1.82) is 0 Å². The highest BCUT2D eigenvalue weighted by Crippen LogP contribution is 2.29. The molecule has 1 nitrogen and oxygen atoms in total. The fourth-order valence-corrected chi connectivity index (χ4v) is 2.17. The normalized spacial score (nSPS) is 10.3. The molecule has 2 N–H and O–H groups in total. The van der Waals surface area contributed by atoms with Gasteiger partial charge in [-0.1, -0.05) is 6.92 Å². The van der Waals surface area contributed by atoms with E-state index >= 15 is 0 Å². The quantitative estimate of drug-likeness (QED) is 0.662. The molecule has 0 saturated heterocycles. The van der Waals surface area contributed by atoms with Crippen LogP contribution in [0.4, 0.5) is 5.00 Å². The molecule has 0 aliphatic heterocycles. The van der Waals surface area contributed by atoms with E-state index in [1.807, 2.05) is 0 Å². The molecule has 0 atom stereocenters. The maximum absolute atomic E-state index is 5.77. The highest BCUT2D eigenvalue weighted by Gasteiger charge is 2.06. The second-order valence-corrected chi connectivity index (χ2v) is 3.74. The maximum Gasteiger partial charge on any atom is 0.0894 e. The van der Waals surface area contributed by atoms with Crippen molar-refractivity contribution in [2.45, 2.75) is 27.2 Å². The molecule has 1 heterocycles. The predicted octanol–water partition coefficient (Wildman–Crippen LogP) is 2.51. The Morgan fingerprint density at radius 3 is 2.20 bits per heavy atom. The van der Waals surface area contributed by atoms with E-state index in [1.165, 1.54) is 16.0 Å². The Morgan fingerprint density at radius 1 is 1.40 bits per heavy atom. The molecule has 0 aromatic carbocycles. The van der Waals surface area contributed by atoms with Crippen molar-refractivity contribution in [2.24, 2.45) is 0 Å². The smallest absolute Gasteiger partial charge is 0.0894 e. The third-order valence-corrected chi connectivity index (χ3v) is 2.97. The number of nitrogen functional groups attached to an aromatic ring is 1. The van der Waals surface area contributed by atoms with Gasteiger partial charge >= 0.3 is 0 Å². The van der Waals surface area contributed by atoms with Crippen molar-refractivity contribution >= 4 is 16.3 Å². The van der Waals surface area contributed by atoms with Gasteiger partial charge in [-0.2, -0.15) is 0 Å². The average molecular weight is 155 g/mol. The summed E-state index contributed by atoms with van der Waals surface area (Å²) < 4.78 is 0. The van der Waals surface area contributed by atoms with E-state index in [0.717, 1.165) is 11.4 Å². The summed E-state index contributed by atoms with van der Waals surface area (Å²) in [5.41, 5.74) is 8.49. The van der Waals surface area contributed by atoms with E-state index in [0.29, 0.717) is 0 Å². The predicted molar refractivity (Wildman–Crippen MR) is 47.6 cm³/mol. The van der Waals surface area contributed by atoms with Crippen molar-refractivity contribution in [3.63, 3.8) is 0 Å². The number of anilines is 1. The molecular formula is C8H13NS. The summed E-state index contributed by atoms with van der Waals surface area (Å²) >= 11 is 1.70. The minimum absolute atomic E-state index is 0.998. The van der Waals surface area contributed by atoms with Crippen LogP contribution in [-0.4, -0.2) is 0 Å². The third-order valence-electron chi connectivity index (χ3n) is 1.89. The van der Waals surface area contributed by atoms with Gasteiger partial charge in [-0.05, 0) is 31.4 Å². The van der Waals surface area contributed by atoms with Crippen LogP contribution in [0.25, 0.3) is 0 Å². The summed E-state index contributed by atoms with van der Waals surface area (Å²) in [4.78, 5) is 1.36. The molecule has 2 heteroatoms. The van der Waals surface area contributed by atoms with Crippen LogP contribution in [0.5, 0.6) is 0 Å². The summed E-state index contributed by atoms with van der Waals surface area (Å²) in [6, 6.07) is 0. The molecular weight excluding hydrogens is 142 g/mol. The van der Waals surface area contributed by atoms with Gasteiger partial charge in [0.05, 0.1) is 5.00 Å². The zero-order chi connectivity index (χ0) is 7.72. The molecule has 0 aliphatic rings. The van der Waals surface area contributed by atoms with Crippen LogP contribution in [0, 0.1) is 13.8 Å². The van der Waals surface area contributed by atoms with Crippen LogP contribution in [0.15, 0.2) is 0 Å². The topological polar surface area (TPSA) is 26.0 Å². The minimum Gasteiger partial charge on any atom is -0.390 e. The third kappa shape index (κ3) is 1.03. The number of rotatable bonds is 1. The Kier molecular flexibility index (Phi) is 2.00. The second kappa shape index (κ2) is 2.62. The molecule has 0 saturated carbocycles. The number of hydrogen-bond acceptors (Lipinski definition) is 2. The van der Waals surface area contributed by atoms with Crippen molar-refractivity contribution < 1.29 is 0 Å². The summed E-state index contributed by atoms with van der Waals surface area (Å²) in [5.74, 6) is 0. The van der Waals surface area contributed by atoms with Crippen molar-refractivity contribution in [1.82, 2.24) is 0 Å². The van der Waals surface area contributed by atoms with Crippen LogP contribution in [0.3, 0.4) is 0 Å². The first-order chi connectivity index (χ1) is 4.66. The summed E-state index contributed by atoms with van der Waals surface area (Å²) in [6.45, 7) is 6.40. The molecule has 1 rings (SSSR count). The van der Waals surface area contributed by atoms with Gasteiger partial charge in [0.15, 0.2) is 0 Å². The molecule has 1 aromatic heterocycles. The molecule has 0 bridgehead atoms. The lowest BCUT2D eigenvalue weighted by molar-refractivity contribution is 1.12. The summed E-state index contributed by atoms with van der Waals surface area (Å²) in [5, 5.41) is 0.998. The van der Waals surface area contributed by atoms with E-state index < -0.39 is 0 Å². The molecule has 10 heavy (non-hydrogen) atoms. The van der Waals surface area contributed by atoms with Gasteiger partial charge in [-0.15, -0.1) is 11.3 Å². The van der Waals surface area contributed by atoms with Crippen molar-refractivity contribution in [3.05, 3.63) is 16.0 Å². The SMILES string of the molecule is CCc1c(N)sc(C)c1C. The summed E-state index contributed by atoms with van der Waals surface area (Å²) in [6.07, 6.45) is 1.06. The summed E-state index contributed by atoms with van der Waals surface area (Å²) in [7, 11) is 0. The number of nitrogens with two attached hydrogens (primary N) is 1. The lowest BCUT2D eigenvalue weighted by Gasteiger charge is -1.94. The largest absolute Gasteiger partial charge is 0.390 e. The zero-order valence-corrected chi connectivity index (χ0v) is 7.51. The Hall–Kier alpha value is -0.500. The number of aryl methyl sites for hydroxylation is 1. The highest BCUT2D eigenvalue weighted by molar-refractivity contribution is 7.16. The maximum atomic E-state index is 5.77. The fourth-order valence-electron chi connectivity index (χ4n) is 1.14. The van der Waals surface area contributed by atoms with Crippen LogP contribution in [-0.2, 0) is 6.42 Å². The molecule has 0 fully saturated rings. The van der Waals surface area contributed by atoms with Gasteiger partial charge in [-0.3, -0.25) is 0 Å². The first-order valence-corrected chi connectivity index (χ1v) is 4.32. The Bertz CT molecular complexity index is 238. The van der Waals surface area contributed by atoms with Crippen LogP contribution in [0.1, 0.15) is 22.9 Å². The van der Waals surface area contributed by atoms with E-state index in [1.54, 1.807) is 11.3 Å². The van der Waals surface area contributed by atoms with E-state index in [2.05, 4.69) is 20.8 Å². The first-order valence-electron chi connectivity index (χ1n) is 3.51. The molecule has 0 amide bonds. The van der Waals surface area contributed by atoms with Gasteiger partial charge in [0.2, 0.25) is 0 Å². The van der Waals surface area contributed by atoms with E-state index in [9.17, 15) is 0 Å². The first kappa shape index (κ1) is 7.61. The van der Waals surface area contributed by atoms with Gasteiger partial charge in [0.1, 0.15) is 0 Å². The number of thiophene rings is 1. The minimum atomic E-state index is 0.998. The van der Waals surface area contributed by atoms with Gasteiger partial charge in [-0.25, -0.2) is 0 Å².